The first-order valence-electron chi connectivity index (χ1n) is 6.84. The molecule has 0 aliphatic rings. The van der Waals surface area contributed by atoms with Crippen molar-refractivity contribution in [1.82, 2.24) is 4.98 Å². The van der Waals surface area contributed by atoms with Crippen LogP contribution in [0.3, 0.4) is 0 Å². The summed E-state index contributed by atoms with van der Waals surface area (Å²) < 4.78 is 5.29. The zero-order valence-electron chi connectivity index (χ0n) is 11.5. The third-order valence-electron chi connectivity index (χ3n) is 3.81. The fraction of sp³-hybridized carbons (Fsp3) is 0.0556. The van der Waals surface area contributed by atoms with Crippen LogP contribution < -0.4 is 5.63 Å². The van der Waals surface area contributed by atoms with Gasteiger partial charge < -0.3 is 9.40 Å². The summed E-state index contributed by atoms with van der Waals surface area (Å²) in [4.78, 5) is 15.2. The molecule has 0 fully saturated rings. The predicted octanol–water partition coefficient (Wildman–Crippen LogP) is 4.25. The molecule has 0 bridgehead atoms. The molecule has 0 aliphatic heterocycles. The standard InChI is InChI=1S/C18H13NO2/c1-11-18(13-7-2-4-8-15(13)19-11)14-10-17(20)21-16-9-5-3-6-12(14)16/h2-10,19H,1H3. The van der Waals surface area contributed by atoms with Gasteiger partial charge >= 0.3 is 5.63 Å². The summed E-state index contributed by atoms with van der Waals surface area (Å²) in [6.45, 7) is 2.03. The van der Waals surface area contributed by atoms with Crippen LogP contribution >= 0.6 is 0 Å². The van der Waals surface area contributed by atoms with Crippen molar-refractivity contribution >= 4 is 21.9 Å². The number of aromatic amines is 1. The lowest BCUT2D eigenvalue weighted by atomic mass is 9.99. The van der Waals surface area contributed by atoms with Crippen LogP contribution in [0.2, 0.25) is 0 Å². The second-order valence-electron chi connectivity index (χ2n) is 5.15. The first-order valence-corrected chi connectivity index (χ1v) is 6.84. The molecule has 3 nitrogen and oxygen atoms in total. The van der Waals surface area contributed by atoms with Crippen molar-refractivity contribution in [2.45, 2.75) is 6.92 Å². The second-order valence-corrected chi connectivity index (χ2v) is 5.15. The normalized spacial score (nSPS) is 11.3. The molecule has 0 aliphatic carbocycles. The van der Waals surface area contributed by atoms with E-state index in [0.29, 0.717) is 5.58 Å². The molecule has 0 unspecified atom stereocenters. The van der Waals surface area contributed by atoms with Gasteiger partial charge in [-0.2, -0.15) is 0 Å². The van der Waals surface area contributed by atoms with Crippen LogP contribution in [0.25, 0.3) is 33.0 Å². The van der Waals surface area contributed by atoms with Crippen molar-refractivity contribution in [1.29, 1.82) is 0 Å². The van der Waals surface area contributed by atoms with E-state index >= 15 is 0 Å². The molecule has 0 amide bonds. The van der Waals surface area contributed by atoms with Gasteiger partial charge in [-0.25, -0.2) is 4.79 Å². The number of rotatable bonds is 1. The molecule has 21 heavy (non-hydrogen) atoms. The largest absolute Gasteiger partial charge is 0.423 e. The molecule has 0 saturated heterocycles. The van der Waals surface area contributed by atoms with Crippen molar-refractivity contribution in [3.8, 4) is 11.1 Å². The molecule has 102 valence electrons. The number of hydrogen-bond donors (Lipinski definition) is 1. The van der Waals surface area contributed by atoms with Crippen molar-refractivity contribution in [3.63, 3.8) is 0 Å². The van der Waals surface area contributed by atoms with Crippen LogP contribution in [0, 0.1) is 6.92 Å². The Labute approximate surface area is 120 Å². The molecule has 2 aromatic heterocycles. The van der Waals surface area contributed by atoms with E-state index in [4.69, 9.17) is 4.42 Å². The summed E-state index contributed by atoms with van der Waals surface area (Å²) in [5.41, 5.74) is 4.39. The number of aromatic nitrogens is 1. The predicted molar refractivity (Wildman–Crippen MR) is 84.5 cm³/mol. The summed E-state index contributed by atoms with van der Waals surface area (Å²) >= 11 is 0. The van der Waals surface area contributed by atoms with E-state index < -0.39 is 0 Å². The summed E-state index contributed by atoms with van der Waals surface area (Å²) in [5.74, 6) is 0. The summed E-state index contributed by atoms with van der Waals surface area (Å²) in [6, 6.07) is 17.3. The number of H-pyrrole nitrogens is 1. The van der Waals surface area contributed by atoms with Crippen LogP contribution in [0.4, 0.5) is 0 Å². The minimum atomic E-state index is -0.326. The topological polar surface area (TPSA) is 46.0 Å². The first-order chi connectivity index (χ1) is 10.2. The molecule has 2 heterocycles. The minimum Gasteiger partial charge on any atom is -0.423 e. The number of nitrogens with one attached hydrogen (secondary N) is 1. The Bertz CT molecular complexity index is 1020. The highest BCUT2D eigenvalue weighted by Gasteiger charge is 2.14. The van der Waals surface area contributed by atoms with Crippen molar-refractivity contribution < 1.29 is 4.42 Å². The Kier molecular flexibility index (Phi) is 2.48. The minimum absolute atomic E-state index is 0.326. The zero-order chi connectivity index (χ0) is 14.4. The van der Waals surface area contributed by atoms with Crippen LogP contribution in [0.15, 0.2) is 63.8 Å². The van der Waals surface area contributed by atoms with Gasteiger partial charge in [0.05, 0.1) is 0 Å². The Morgan fingerprint density at radius 2 is 1.67 bits per heavy atom. The number of para-hydroxylation sites is 2. The van der Waals surface area contributed by atoms with Gasteiger partial charge in [0.2, 0.25) is 0 Å². The smallest absolute Gasteiger partial charge is 0.336 e. The Hall–Kier alpha value is -2.81. The van der Waals surface area contributed by atoms with E-state index in [1.165, 1.54) is 0 Å². The highest BCUT2D eigenvalue weighted by Crippen LogP contribution is 2.35. The van der Waals surface area contributed by atoms with Gasteiger partial charge in [0.15, 0.2) is 0 Å². The van der Waals surface area contributed by atoms with E-state index in [2.05, 4.69) is 11.1 Å². The summed E-state index contributed by atoms with van der Waals surface area (Å²) in [5, 5.41) is 2.07. The second kappa shape index (κ2) is 4.35. The quantitative estimate of drug-likeness (QED) is 0.528. The third kappa shape index (κ3) is 1.78. The fourth-order valence-corrected chi connectivity index (χ4v) is 2.94. The molecule has 1 N–H and O–H groups in total. The molecular weight excluding hydrogens is 262 g/mol. The van der Waals surface area contributed by atoms with Crippen molar-refractivity contribution in [2.75, 3.05) is 0 Å². The molecule has 4 rings (SSSR count). The summed E-state index contributed by atoms with van der Waals surface area (Å²) in [7, 11) is 0. The molecule has 0 radical (unpaired) electrons. The number of benzene rings is 2. The highest BCUT2D eigenvalue weighted by atomic mass is 16.4. The maximum Gasteiger partial charge on any atom is 0.336 e. The Morgan fingerprint density at radius 3 is 2.52 bits per heavy atom. The van der Waals surface area contributed by atoms with Crippen LogP contribution in [-0.4, -0.2) is 4.98 Å². The van der Waals surface area contributed by atoms with Gasteiger partial charge in [-0.1, -0.05) is 36.4 Å². The van der Waals surface area contributed by atoms with Crippen molar-refractivity contribution in [3.05, 3.63) is 70.7 Å². The van der Waals surface area contributed by atoms with Crippen LogP contribution in [-0.2, 0) is 0 Å². The lowest BCUT2D eigenvalue weighted by Crippen LogP contribution is -1.98. The fourth-order valence-electron chi connectivity index (χ4n) is 2.94. The average molecular weight is 275 g/mol. The Morgan fingerprint density at radius 1 is 0.952 bits per heavy atom. The molecule has 0 spiro atoms. The molecule has 4 aromatic rings. The molecule has 0 atom stereocenters. The lowest BCUT2D eigenvalue weighted by Gasteiger charge is -2.05. The number of hydrogen-bond acceptors (Lipinski definition) is 2. The molecule has 2 aromatic carbocycles. The molecule has 0 saturated carbocycles. The lowest BCUT2D eigenvalue weighted by molar-refractivity contribution is 0.561. The van der Waals surface area contributed by atoms with E-state index in [-0.39, 0.29) is 5.63 Å². The van der Waals surface area contributed by atoms with Crippen molar-refractivity contribution in [2.24, 2.45) is 0 Å². The van der Waals surface area contributed by atoms with Gasteiger partial charge in [0, 0.05) is 39.2 Å². The van der Waals surface area contributed by atoms with Crippen LogP contribution in [0.1, 0.15) is 5.69 Å². The molecule has 3 heteroatoms. The van der Waals surface area contributed by atoms with E-state index in [9.17, 15) is 4.79 Å². The van der Waals surface area contributed by atoms with Gasteiger partial charge in [-0.05, 0) is 19.1 Å². The van der Waals surface area contributed by atoms with Gasteiger partial charge in [0.1, 0.15) is 5.58 Å². The van der Waals surface area contributed by atoms with Gasteiger partial charge in [0.25, 0.3) is 0 Å². The maximum absolute atomic E-state index is 11.9. The Balaban J connectivity index is 2.19. The monoisotopic (exact) mass is 275 g/mol. The first kappa shape index (κ1) is 12.0. The third-order valence-corrected chi connectivity index (χ3v) is 3.81. The summed E-state index contributed by atoms with van der Waals surface area (Å²) in [6.07, 6.45) is 0. The van der Waals surface area contributed by atoms with Gasteiger partial charge in [-0.15, -0.1) is 0 Å². The van der Waals surface area contributed by atoms with E-state index in [1.54, 1.807) is 6.07 Å². The van der Waals surface area contributed by atoms with Gasteiger partial charge in [-0.3, -0.25) is 0 Å². The maximum atomic E-state index is 11.9. The van der Waals surface area contributed by atoms with E-state index in [1.807, 2.05) is 49.4 Å². The van der Waals surface area contributed by atoms with E-state index in [0.717, 1.165) is 33.1 Å². The molecular formula is C18H13NO2. The number of aryl methyl sites for hydroxylation is 1. The zero-order valence-corrected chi connectivity index (χ0v) is 11.5. The SMILES string of the molecule is Cc1[nH]c2ccccc2c1-c1cc(=O)oc2ccccc12. The average Bonchev–Trinajstić information content (AvgIpc) is 2.82. The number of fused-ring (bicyclic) bond motifs is 2. The van der Waals surface area contributed by atoms with Crippen LogP contribution in [0.5, 0.6) is 0 Å². The highest BCUT2D eigenvalue weighted by molar-refractivity contribution is 6.04.